The van der Waals surface area contributed by atoms with Crippen molar-refractivity contribution in [1.29, 1.82) is 0 Å². The molecular formula is C21H26N3O3S+. The SMILES string of the molecule is CS(=O)(=O)N1CCc2cc(C(=O)N3CC[NH+](Cc4ccccc4)CC3)ccc21. The molecular weight excluding hydrogens is 374 g/mol. The molecule has 7 heteroatoms. The Morgan fingerprint density at radius 2 is 1.75 bits per heavy atom. The minimum atomic E-state index is -3.27. The summed E-state index contributed by atoms with van der Waals surface area (Å²) in [4.78, 5) is 16.3. The number of nitrogens with one attached hydrogen (secondary N) is 1. The topological polar surface area (TPSA) is 62.1 Å². The predicted octanol–water partition coefficient (Wildman–Crippen LogP) is 0.550. The first kappa shape index (κ1) is 19.0. The highest BCUT2D eigenvalue weighted by molar-refractivity contribution is 7.92. The minimum absolute atomic E-state index is 0.0411. The summed E-state index contributed by atoms with van der Waals surface area (Å²) in [6, 6.07) is 15.8. The predicted molar refractivity (Wildman–Crippen MR) is 109 cm³/mol. The minimum Gasteiger partial charge on any atom is -0.328 e. The van der Waals surface area contributed by atoms with Gasteiger partial charge >= 0.3 is 0 Å². The maximum absolute atomic E-state index is 12.9. The summed E-state index contributed by atoms with van der Waals surface area (Å²) < 4.78 is 25.2. The van der Waals surface area contributed by atoms with Gasteiger partial charge in [0, 0.05) is 17.7 Å². The lowest BCUT2D eigenvalue weighted by Crippen LogP contribution is -3.13. The van der Waals surface area contributed by atoms with E-state index in [2.05, 4.69) is 24.3 Å². The lowest BCUT2D eigenvalue weighted by molar-refractivity contribution is -0.917. The van der Waals surface area contributed by atoms with Gasteiger partial charge in [0.15, 0.2) is 0 Å². The van der Waals surface area contributed by atoms with Gasteiger partial charge in [0.05, 0.1) is 38.1 Å². The fourth-order valence-corrected chi connectivity index (χ4v) is 5.08. The average Bonchev–Trinajstić information content (AvgIpc) is 3.12. The van der Waals surface area contributed by atoms with Crippen molar-refractivity contribution in [2.45, 2.75) is 13.0 Å². The summed E-state index contributed by atoms with van der Waals surface area (Å²) >= 11 is 0. The molecule has 0 saturated carbocycles. The van der Waals surface area contributed by atoms with E-state index in [4.69, 9.17) is 0 Å². The fourth-order valence-electron chi connectivity index (χ4n) is 4.12. The van der Waals surface area contributed by atoms with Crippen molar-refractivity contribution in [2.75, 3.05) is 43.3 Å². The van der Waals surface area contributed by atoms with Crippen LogP contribution in [0.1, 0.15) is 21.5 Å². The van der Waals surface area contributed by atoms with Crippen LogP contribution >= 0.6 is 0 Å². The Morgan fingerprint density at radius 1 is 1.04 bits per heavy atom. The average molecular weight is 401 g/mol. The summed E-state index contributed by atoms with van der Waals surface area (Å²) in [5, 5.41) is 0. The number of amides is 1. The van der Waals surface area contributed by atoms with Gasteiger partial charge in [-0.1, -0.05) is 30.3 Å². The molecule has 148 valence electrons. The van der Waals surface area contributed by atoms with Gasteiger partial charge < -0.3 is 9.80 Å². The van der Waals surface area contributed by atoms with Crippen molar-refractivity contribution in [3.63, 3.8) is 0 Å². The van der Waals surface area contributed by atoms with E-state index in [-0.39, 0.29) is 5.91 Å². The zero-order valence-electron chi connectivity index (χ0n) is 16.1. The molecule has 2 aromatic rings. The van der Waals surface area contributed by atoms with E-state index in [0.29, 0.717) is 24.2 Å². The second kappa shape index (κ2) is 7.56. The van der Waals surface area contributed by atoms with E-state index in [9.17, 15) is 13.2 Å². The standard InChI is InChI=1S/C21H25N3O3S/c1-28(26,27)24-10-9-18-15-19(7-8-20(18)24)21(25)23-13-11-22(12-14-23)16-17-5-3-2-4-6-17/h2-8,15H,9-14,16H2,1H3/p+1. The number of carbonyl (C=O) groups is 1. The Hall–Kier alpha value is -2.38. The summed E-state index contributed by atoms with van der Waals surface area (Å²) in [6.45, 7) is 4.80. The molecule has 28 heavy (non-hydrogen) atoms. The van der Waals surface area contributed by atoms with E-state index < -0.39 is 10.0 Å². The summed E-state index contributed by atoms with van der Waals surface area (Å²) in [7, 11) is -3.27. The molecule has 2 aliphatic rings. The number of anilines is 1. The van der Waals surface area contributed by atoms with Crippen LogP contribution in [0.3, 0.4) is 0 Å². The first-order valence-corrected chi connectivity index (χ1v) is 11.5. The Kier molecular flexibility index (Phi) is 5.12. The molecule has 2 aliphatic heterocycles. The van der Waals surface area contributed by atoms with Crippen molar-refractivity contribution in [1.82, 2.24) is 4.90 Å². The highest BCUT2D eigenvalue weighted by Gasteiger charge is 2.29. The van der Waals surface area contributed by atoms with Crippen LogP contribution in [0.4, 0.5) is 5.69 Å². The van der Waals surface area contributed by atoms with Crippen LogP contribution in [0.25, 0.3) is 0 Å². The lowest BCUT2D eigenvalue weighted by atomic mass is 10.1. The highest BCUT2D eigenvalue weighted by atomic mass is 32.2. The maximum Gasteiger partial charge on any atom is 0.254 e. The van der Waals surface area contributed by atoms with Crippen LogP contribution in [0.15, 0.2) is 48.5 Å². The van der Waals surface area contributed by atoms with Gasteiger partial charge in [-0.3, -0.25) is 9.10 Å². The monoisotopic (exact) mass is 400 g/mol. The molecule has 0 spiro atoms. The van der Waals surface area contributed by atoms with Crippen LogP contribution in [0.2, 0.25) is 0 Å². The molecule has 0 unspecified atom stereocenters. The number of benzene rings is 2. The van der Waals surface area contributed by atoms with E-state index >= 15 is 0 Å². The number of sulfonamides is 1. The lowest BCUT2D eigenvalue weighted by Gasteiger charge is -2.32. The van der Waals surface area contributed by atoms with Crippen LogP contribution in [0, 0.1) is 0 Å². The number of rotatable bonds is 4. The Balaban J connectivity index is 1.40. The molecule has 0 radical (unpaired) electrons. The number of fused-ring (bicyclic) bond motifs is 1. The van der Waals surface area contributed by atoms with Crippen LogP contribution < -0.4 is 9.21 Å². The Morgan fingerprint density at radius 3 is 2.43 bits per heavy atom. The molecule has 2 aromatic carbocycles. The summed E-state index contributed by atoms with van der Waals surface area (Å²) in [5.74, 6) is 0.0411. The van der Waals surface area contributed by atoms with E-state index in [1.54, 1.807) is 12.1 Å². The normalized spacial score (nSPS) is 17.6. The molecule has 1 saturated heterocycles. The van der Waals surface area contributed by atoms with Crippen LogP contribution in [-0.4, -0.2) is 58.2 Å². The molecule has 0 aromatic heterocycles. The highest BCUT2D eigenvalue weighted by Crippen LogP contribution is 2.31. The molecule has 4 rings (SSSR count). The van der Waals surface area contributed by atoms with Gasteiger partial charge in [-0.15, -0.1) is 0 Å². The number of piperazine rings is 1. The van der Waals surface area contributed by atoms with E-state index in [0.717, 1.165) is 38.3 Å². The first-order valence-electron chi connectivity index (χ1n) is 9.69. The Labute approximate surface area is 166 Å². The third-order valence-corrected chi connectivity index (χ3v) is 6.81. The summed E-state index contributed by atoms with van der Waals surface area (Å²) in [6.07, 6.45) is 1.87. The van der Waals surface area contributed by atoms with Gasteiger partial charge in [-0.05, 0) is 30.2 Å². The van der Waals surface area contributed by atoms with E-state index in [1.165, 1.54) is 21.0 Å². The van der Waals surface area contributed by atoms with Crippen LogP contribution in [0.5, 0.6) is 0 Å². The van der Waals surface area contributed by atoms with Crippen molar-refractivity contribution >= 4 is 21.6 Å². The molecule has 0 aliphatic carbocycles. The van der Waals surface area contributed by atoms with Crippen molar-refractivity contribution < 1.29 is 18.1 Å². The molecule has 1 amide bonds. The van der Waals surface area contributed by atoms with Crippen molar-refractivity contribution in [3.8, 4) is 0 Å². The number of quaternary nitrogens is 1. The third kappa shape index (κ3) is 3.91. The smallest absolute Gasteiger partial charge is 0.254 e. The van der Waals surface area contributed by atoms with Gasteiger partial charge in [0.25, 0.3) is 5.91 Å². The van der Waals surface area contributed by atoms with Crippen LogP contribution in [-0.2, 0) is 23.0 Å². The molecule has 0 bridgehead atoms. The van der Waals surface area contributed by atoms with E-state index in [1.807, 2.05) is 17.0 Å². The van der Waals surface area contributed by atoms with Gasteiger partial charge in [0.2, 0.25) is 10.0 Å². The maximum atomic E-state index is 12.9. The molecule has 1 N–H and O–H groups in total. The first-order chi connectivity index (χ1) is 13.4. The van der Waals surface area contributed by atoms with Gasteiger partial charge in [-0.2, -0.15) is 0 Å². The number of carbonyl (C=O) groups excluding carboxylic acids is 1. The quantitative estimate of drug-likeness (QED) is 0.815. The number of hydrogen-bond donors (Lipinski definition) is 1. The number of nitrogens with zero attached hydrogens (tertiary/aromatic N) is 2. The number of hydrogen-bond acceptors (Lipinski definition) is 3. The third-order valence-electron chi connectivity index (χ3n) is 5.63. The second-order valence-electron chi connectivity index (χ2n) is 7.63. The molecule has 0 atom stereocenters. The zero-order valence-corrected chi connectivity index (χ0v) is 16.9. The van der Waals surface area contributed by atoms with Crippen molar-refractivity contribution in [3.05, 3.63) is 65.2 Å². The van der Waals surface area contributed by atoms with Gasteiger partial charge in [-0.25, -0.2) is 8.42 Å². The molecule has 1 fully saturated rings. The largest absolute Gasteiger partial charge is 0.328 e. The summed E-state index contributed by atoms with van der Waals surface area (Å²) in [5.41, 5.74) is 3.62. The Bertz CT molecular complexity index is 968. The fraction of sp³-hybridized carbons (Fsp3) is 0.381. The molecule has 6 nitrogen and oxygen atoms in total. The van der Waals surface area contributed by atoms with Gasteiger partial charge in [0.1, 0.15) is 6.54 Å². The molecule has 2 heterocycles. The van der Waals surface area contributed by atoms with Crippen molar-refractivity contribution in [2.24, 2.45) is 0 Å². The second-order valence-corrected chi connectivity index (χ2v) is 9.54. The zero-order chi connectivity index (χ0) is 19.7.